The molecule has 0 spiro atoms. The molecule has 8 nitrogen and oxygen atoms in total. The van der Waals surface area contributed by atoms with E-state index in [2.05, 4.69) is 15.6 Å². The predicted molar refractivity (Wildman–Crippen MR) is 130 cm³/mol. The van der Waals surface area contributed by atoms with E-state index in [4.69, 9.17) is 4.74 Å². The van der Waals surface area contributed by atoms with E-state index in [1.54, 1.807) is 23.9 Å². The summed E-state index contributed by atoms with van der Waals surface area (Å²) in [5.74, 6) is 0.636. The quantitative estimate of drug-likeness (QED) is 0.327. The third-order valence-corrected chi connectivity index (χ3v) is 5.23. The van der Waals surface area contributed by atoms with Crippen LogP contribution in [-0.4, -0.2) is 79.2 Å². The second-order valence-corrected chi connectivity index (χ2v) is 9.34. The van der Waals surface area contributed by atoms with Gasteiger partial charge in [0.05, 0.1) is 0 Å². The fourth-order valence-corrected chi connectivity index (χ4v) is 3.64. The molecule has 1 atom stereocenters. The molecule has 9 heteroatoms. The standard InChI is InChI=1S/C21H39N5O3.HI/c1-21(2,3)29-20(28)26-13-9-12-17(15-26)24-19(22-14-18(27)25(4)5)23-16-10-7-6-8-11-16;/h16-17H,6-15H2,1-5H3,(H2,22,23,24);1H. The van der Waals surface area contributed by atoms with Crippen molar-refractivity contribution >= 4 is 41.9 Å². The van der Waals surface area contributed by atoms with Crippen LogP contribution in [0.4, 0.5) is 4.79 Å². The van der Waals surface area contributed by atoms with Crippen molar-refractivity contribution in [3.8, 4) is 0 Å². The van der Waals surface area contributed by atoms with E-state index in [0.29, 0.717) is 25.1 Å². The highest BCUT2D eigenvalue weighted by Crippen LogP contribution is 2.18. The van der Waals surface area contributed by atoms with Gasteiger partial charge in [0.1, 0.15) is 12.1 Å². The van der Waals surface area contributed by atoms with Crippen LogP contribution in [-0.2, 0) is 9.53 Å². The largest absolute Gasteiger partial charge is 0.444 e. The van der Waals surface area contributed by atoms with Gasteiger partial charge in [-0.1, -0.05) is 19.3 Å². The number of likely N-dealkylation sites (N-methyl/N-ethyl adjacent to an activating group) is 1. The van der Waals surface area contributed by atoms with Crippen molar-refractivity contribution in [1.29, 1.82) is 0 Å². The minimum atomic E-state index is -0.501. The van der Waals surface area contributed by atoms with Gasteiger partial charge in [-0.25, -0.2) is 9.79 Å². The summed E-state index contributed by atoms with van der Waals surface area (Å²) in [4.78, 5) is 32.3. The first-order valence-electron chi connectivity index (χ1n) is 10.9. The Morgan fingerprint density at radius 3 is 2.23 bits per heavy atom. The average Bonchev–Trinajstić information content (AvgIpc) is 2.65. The maximum Gasteiger partial charge on any atom is 0.410 e. The van der Waals surface area contributed by atoms with Crippen molar-refractivity contribution < 1.29 is 14.3 Å². The van der Waals surface area contributed by atoms with Gasteiger partial charge in [0, 0.05) is 39.3 Å². The number of nitrogens with one attached hydrogen (secondary N) is 2. The van der Waals surface area contributed by atoms with Crippen molar-refractivity contribution in [3.05, 3.63) is 0 Å². The first-order valence-corrected chi connectivity index (χ1v) is 10.9. The van der Waals surface area contributed by atoms with Gasteiger partial charge >= 0.3 is 6.09 Å². The summed E-state index contributed by atoms with van der Waals surface area (Å²) in [5.41, 5.74) is -0.501. The highest BCUT2D eigenvalue weighted by molar-refractivity contribution is 14.0. The van der Waals surface area contributed by atoms with Crippen LogP contribution in [0.5, 0.6) is 0 Å². The summed E-state index contributed by atoms with van der Waals surface area (Å²) in [6, 6.07) is 0.468. The molecule has 1 aliphatic heterocycles. The number of hydrogen-bond donors (Lipinski definition) is 2. The topological polar surface area (TPSA) is 86.3 Å². The van der Waals surface area contributed by atoms with Gasteiger partial charge in [-0.05, 0) is 46.5 Å². The minimum Gasteiger partial charge on any atom is -0.444 e. The van der Waals surface area contributed by atoms with Crippen LogP contribution >= 0.6 is 24.0 Å². The number of ether oxygens (including phenoxy) is 1. The number of amides is 2. The number of hydrogen-bond acceptors (Lipinski definition) is 4. The Hall–Kier alpha value is -1.26. The van der Waals surface area contributed by atoms with Crippen LogP contribution in [0.25, 0.3) is 0 Å². The normalized spacial score (nSPS) is 20.8. The molecule has 2 N–H and O–H groups in total. The summed E-state index contributed by atoms with van der Waals surface area (Å²) < 4.78 is 5.52. The minimum absolute atomic E-state index is 0. The third-order valence-electron chi connectivity index (χ3n) is 5.23. The number of halogens is 1. The van der Waals surface area contributed by atoms with E-state index in [9.17, 15) is 9.59 Å². The second kappa shape index (κ2) is 12.6. The molecule has 2 rings (SSSR count). The van der Waals surface area contributed by atoms with Crippen LogP contribution < -0.4 is 10.6 Å². The van der Waals surface area contributed by atoms with Crippen LogP contribution in [0.3, 0.4) is 0 Å². The van der Waals surface area contributed by atoms with Gasteiger partial charge in [-0.15, -0.1) is 24.0 Å². The molecule has 1 heterocycles. The first kappa shape index (κ1) is 26.8. The van der Waals surface area contributed by atoms with Gasteiger partial charge in [0.15, 0.2) is 5.96 Å². The number of piperidine rings is 1. The van der Waals surface area contributed by atoms with E-state index < -0.39 is 5.60 Å². The highest BCUT2D eigenvalue weighted by Gasteiger charge is 2.28. The van der Waals surface area contributed by atoms with E-state index >= 15 is 0 Å². The Labute approximate surface area is 198 Å². The lowest BCUT2D eigenvalue weighted by Crippen LogP contribution is -2.54. The zero-order chi connectivity index (χ0) is 21.4. The molecule has 2 aliphatic rings. The fourth-order valence-electron chi connectivity index (χ4n) is 3.64. The lowest BCUT2D eigenvalue weighted by molar-refractivity contribution is -0.127. The Morgan fingerprint density at radius 1 is 1.03 bits per heavy atom. The lowest BCUT2D eigenvalue weighted by Gasteiger charge is -2.35. The number of likely N-dealkylation sites (tertiary alicyclic amines) is 1. The van der Waals surface area contributed by atoms with Crippen molar-refractivity contribution in [3.63, 3.8) is 0 Å². The summed E-state index contributed by atoms with van der Waals surface area (Å²) >= 11 is 0. The van der Waals surface area contributed by atoms with Crippen molar-refractivity contribution in [2.75, 3.05) is 33.7 Å². The lowest BCUT2D eigenvalue weighted by atomic mass is 9.96. The van der Waals surface area contributed by atoms with E-state index in [1.165, 1.54) is 19.3 Å². The maximum absolute atomic E-state index is 12.4. The van der Waals surface area contributed by atoms with Gasteiger partial charge in [-0.2, -0.15) is 0 Å². The number of rotatable bonds is 4. The van der Waals surface area contributed by atoms with E-state index in [-0.39, 0.29) is 48.6 Å². The number of aliphatic imine (C=N–C) groups is 1. The number of carbonyl (C=O) groups is 2. The van der Waals surface area contributed by atoms with E-state index in [0.717, 1.165) is 25.7 Å². The second-order valence-electron chi connectivity index (χ2n) is 9.34. The molecule has 0 radical (unpaired) electrons. The monoisotopic (exact) mass is 537 g/mol. The molecule has 0 bridgehead atoms. The first-order chi connectivity index (χ1) is 13.6. The summed E-state index contributed by atoms with van der Waals surface area (Å²) in [5, 5.41) is 6.98. The zero-order valence-corrected chi connectivity index (χ0v) is 21.5. The molecular weight excluding hydrogens is 497 g/mol. The maximum atomic E-state index is 12.4. The van der Waals surface area contributed by atoms with Crippen molar-refractivity contribution in [2.24, 2.45) is 4.99 Å². The fraction of sp³-hybridized carbons (Fsp3) is 0.857. The molecule has 0 aromatic rings. The number of guanidine groups is 1. The molecule has 1 unspecified atom stereocenters. The summed E-state index contributed by atoms with van der Waals surface area (Å²) in [6.07, 6.45) is 7.55. The van der Waals surface area contributed by atoms with Gasteiger partial charge in [-0.3, -0.25) is 4.79 Å². The smallest absolute Gasteiger partial charge is 0.410 e. The molecule has 0 aromatic heterocycles. The summed E-state index contributed by atoms with van der Waals surface area (Å²) in [6.45, 7) is 7.02. The number of carbonyl (C=O) groups excluding carboxylic acids is 2. The molecule has 2 fully saturated rings. The summed E-state index contributed by atoms with van der Waals surface area (Å²) in [7, 11) is 3.47. The Morgan fingerprint density at radius 2 is 1.63 bits per heavy atom. The van der Waals surface area contributed by atoms with Crippen molar-refractivity contribution in [1.82, 2.24) is 20.4 Å². The van der Waals surface area contributed by atoms with Gasteiger partial charge in [0.2, 0.25) is 5.91 Å². The SMILES string of the molecule is CN(C)C(=O)CN=C(NC1CCCCC1)NC1CCCN(C(=O)OC(C)(C)C)C1.I. The van der Waals surface area contributed by atoms with E-state index in [1.807, 2.05) is 20.8 Å². The van der Waals surface area contributed by atoms with Crippen LogP contribution in [0, 0.1) is 0 Å². The Bertz CT molecular complexity index is 586. The van der Waals surface area contributed by atoms with Crippen LogP contribution in [0.1, 0.15) is 65.7 Å². The molecular formula is C21H40IN5O3. The van der Waals surface area contributed by atoms with Crippen LogP contribution in [0.2, 0.25) is 0 Å². The molecule has 174 valence electrons. The molecule has 2 amide bonds. The average molecular weight is 537 g/mol. The molecule has 0 aromatic carbocycles. The zero-order valence-electron chi connectivity index (χ0n) is 19.2. The Balaban J connectivity index is 0.00000450. The van der Waals surface area contributed by atoms with Crippen LogP contribution in [0.15, 0.2) is 4.99 Å². The number of nitrogens with zero attached hydrogens (tertiary/aromatic N) is 3. The molecule has 1 saturated carbocycles. The highest BCUT2D eigenvalue weighted by atomic mass is 127. The molecule has 1 saturated heterocycles. The predicted octanol–water partition coefficient (Wildman–Crippen LogP) is 2.96. The van der Waals surface area contributed by atoms with Crippen molar-refractivity contribution in [2.45, 2.75) is 83.4 Å². The Kier molecular flexibility index (Phi) is 11.2. The van der Waals surface area contributed by atoms with Gasteiger partial charge < -0.3 is 25.2 Å². The molecule has 1 aliphatic carbocycles. The van der Waals surface area contributed by atoms with Gasteiger partial charge in [0.25, 0.3) is 0 Å². The third kappa shape index (κ3) is 9.70. The molecule has 30 heavy (non-hydrogen) atoms.